The first kappa shape index (κ1) is 26.0. The van der Waals surface area contributed by atoms with Crippen LogP contribution in [0, 0.1) is 17.8 Å². The normalized spacial score (nSPS) is 17.7. The van der Waals surface area contributed by atoms with E-state index in [9.17, 15) is 5.11 Å². The summed E-state index contributed by atoms with van der Waals surface area (Å²) in [6.45, 7) is 13.8. The molecule has 0 aromatic heterocycles. The highest BCUT2D eigenvalue weighted by Crippen LogP contribution is 2.38. The Morgan fingerprint density at radius 2 is 0.808 bits per heavy atom. The van der Waals surface area contributed by atoms with Gasteiger partial charge in [-0.2, -0.15) is 0 Å². The van der Waals surface area contributed by atoms with Crippen molar-refractivity contribution in [2.45, 2.75) is 143 Å². The van der Waals surface area contributed by atoms with Crippen LogP contribution in [0.2, 0.25) is 0 Å². The third kappa shape index (κ3) is 11.6. The molecule has 0 rings (SSSR count). The molecule has 1 heteroatoms. The van der Waals surface area contributed by atoms with Gasteiger partial charge >= 0.3 is 0 Å². The lowest BCUT2D eigenvalue weighted by molar-refractivity contribution is -0.0325. The van der Waals surface area contributed by atoms with Crippen molar-refractivity contribution in [1.29, 1.82) is 0 Å². The SMILES string of the molecule is CCCCC(CC)CC(O)(CC(CC)CCCC)CC(CC)CCCC. The van der Waals surface area contributed by atoms with Gasteiger partial charge in [-0.25, -0.2) is 0 Å². The van der Waals surface area contributed by atoms with E-state index in [1.54, 1.807) is 0 Å². The summed E-state index contributed by atoms with van der Waals surface area (Å²) < 4.78 is 0. The van der Waals surface area contributed by atoms with Gasteiger partial charge in [0.15, 0.2) is 0 Å². The first-order valence-corrected chi connectivity index (χ1v) is 12.2. The van der Waals surface area contributed by atoms with Gasteiger partial charge in [0, 0.05) is 0 Å². The van der Waals surface area contributed by atoms with Crippen molar-refractivity contribution in [3.8, 4) is 0 Å². The molecule has 0 saturated carbocycles. The molecule has 0 aliphatic carbocycles. The van der Waals surface area contributed by atoms with E-state index in [2.05, 4.69) is 41.5 Å². The Balaban J connectivity index is 5.12. The second-order valence-electron chi connectivity index (χ2n) is 9.09. The molecule has 0 aliphatic rings. The number of rotatable bonds is 18. The van der Waals surface area contributed by atoms with Gasteiger partial charge < -0.3 is 5.11 Å². The van der Waals surface area contributed by atoms with E-state index in [4.69, 9.17) is 0 Å². The van der Waals surface area contributed by atoms with E-state index in [0.717, 1.165) is 19.3 Å². The average Bonchev–Trinajstić information content (AvgIpc) is 2.65. The third-order valence-electron chi connectivity index (χ3n) is 6.64. The first-order valence-electron chi connectivity index (χ1n) is 12.2. The lowest BCUT2D eigenvalue weighted by atomic mass is 9.73. The van der Waals surface area contributed by atoms with Gasteiger partial charge in [-0.1, -0.05) is 119 Å². The average molecular weight is 369 g/mol. The Morgan fingerprint density at radius 3 is 1.00 bits per heavy atom. The molecule has 0 aliphatic heterocycles. The first-order chi connectivity index (χ1) is 12.5. The van der Waals surface area contributed by atoms with Crippen molar-refractivity contribution >= 4 is 0 Å². The number of hydrogen-bond acceptors (Lipinski definition) is 1. The molecule has 0 aromatic rings. The van der Waals surface area contributed by atoms with E-state index in [1.807, 2.05) is 0 Å². The van der Waals surface area contributed by atoms with Gasteiger partial charge in [-0.3, -0.25) is 0 Å². The maximum absolute atomic E-state index is 11.8. The van der Waals surface area contributed by atoms with Gasteiger partial charge in [0.2, 0.25) is 0 Å². The second kappa shape index (κ2) is 16.0. The topological polar surface area (TPSA) is 20.2 Å². The molecule has 3 unspecified atom stereocenters. The zero-order valence-corrected chi connectivity index (χ0v) is 19.3. The van der Waals surface area contributed by atoms with Gasteiger partial charge in [-0.15, -0.1) is 0 Å². The molecule has 0 aromatic carbocycles. The molecule has 0 radical (unpaired) electrons. The zero-order chi connectivity index (χ0) is 19.8. The summed E-state index contributed by atoms with van der Waals surface area (Å²) >= 11 is 0. The molecule has 0 saturated heterocycles. The lowest BCUT2D eigenvalue weighted by Gasteiger charge is -2.37. The van der Waals surface area contributed by atoms with Crippen LogP contribution in [0.1, 0.15) is 138 Å². The molecule has 1 nitrogen and oxygen atoms in total. The van der Waals surface area contributed by atoms with Crippen LogP contribution in [0.25, 0.3) is 0 Å². The van der Waals surface area contributed by atoms with Gasteiger partial charge in [-0.05, 0) is 37.0 Å². The largest absolute Gasteiger partial charge is 0.390 e. The van der Waals surface area contributed by atoms with Crippen LogP contribution in [0.15, 0.2) is 0 Å². The molecular formula is C25H52O. The molecule has 1 N–H and O–H groups in total. The minimum atomic E-state index is -0.433. The van der Waals surface area contributed by atoms with Crippen LogP contribution in [-0.2, 0) is 0 Å². The fourth-order valence-electron chi connectivity index (χ4n) is 4.69. The molecule has 26 heavy (non-hydrogen) atoms. The summed E-state index contributed by atoms with van der Waals surface area (Å²) in [5.41, 5.74) is -0.433. The Labute approximate surface area is 166 Å². The Hall–Kier alpha value is -0.0400. The molecular weight excluding hydrogens is 316 g/mol. The van der Waals surface area contributed by atoms with E-state index < -0.39 is 5.60 Å². The summed E-state index contributed by atoms with van der Waals surface area (Å²) in [5.74, 6) is 2.10. The van der Waals surface area contributed by atoms with Crippen LogP contribution in [-0.4, -0.2) is 10.7 Å². The summed E-state index contributed by atoms with van der Waals surface area (Å²) in [5, 5.41) is 11.8. The summed E-state index contributed by atoms with van der Waals surface area (Å²) in [6.07, 6.45) is 18.4. The quantitative estimate of drug-likeness (QED) is 0.257. The molecule has 0 bridgehead atoms. The van der Waals surface area contributed by atoms with Crippen LogP contribution >= 0.6 is 0 Å². The van der Waals surface area contributed by atoms with Crippen LogP contribution in [0.3, 0.4) is 0 Å². The van der Waals surface area contributed by atoms with Crippen molar-refractivity contribution < 1.29 is 5.11 Å². The van der Waals surface area contributed by atoms with Gasteiger partial charge in [0.1, 0.15) is 0 Å². The second-order valence-corrected chi connectivity index (χ2v) is 9.09. The Kier molecular flexibility index (Phi) is 15.9. The van der Waals surface area contributed by atoms with Crippen molar-refractivity contribution in [1.82, 2.24) is 0 Å². The standard InChI is InChI=1S/C25H52O/c1-7-13-16-22(10-4)19-25(26,20-23(11-5)17-14-8-2)21-24(12-6)18-15-9-3/h22-24,26H,7-21H2,1-6H3. The molecule has 0 fully saturated rings. The van der Waals surface area contributed by atoms with Gasteiger partial charge in [0.25, 0.3) is 0 Å². The highest BCUT2D eigenvalue weighted by atomic mass is 16.3. The van der Waals surface area contributed by atoms with E-state index >= 15 is 0 Å². The van der Waals surface area contributed by atoms with Crippen molar-refractivity contribution in [3.05, 3.63) is 0 Å². The van der Waals surface area contributed by atoms with Crippen molar-refractivity contribution in [2.75, 3.05) is 0 Å². The number of hydrogen-bond donors (Lipinski definition) is 1. The van der Waals surface area contributed by atoms with Crippen LogP contribution < -0.4 is 0 Å². The summed E-state index contributed by atoms with van der Waals surface area (Å²) in [7, 11) is 0. The third-order valence-corrected chi connectivity index (χ3v) is 6.64. The van der Waals surface area contributed by atoms with Crippen LogP contribution in [0.4, 0.5) is 0 Å². The fraction of sp³-hybridized carbons (Fsp3) is 1.00. The smallest absolute Gasteiger partial charge is 0.0655 e. The number of aliphatic hydroxyl groups is 1. The predicted octanol–water partition coefficient (Wildman–Crippen LogP) is 8.54. The maximum Gasteiger partial charge on any atom is 0.0655 e. The Bertz CT molecular complexity index is 253. The lowest BCUT2D eigenvalue weighted by Crippen LogP contribution is -2.36. The van der Waals surface area contributed by atoms with Crippen LogP contribution in [0.5, 0.6) is 0 Å². The maximum atomic E-state index is 11.8. The number of unbranched alkanes of at least 4 members (excludes halogenated alkanes) is 3. The minimum absolute atomic E-state index is 0.433. The summed E-state index contributed by atoms with van der Waals surface area (Å²) in [4.78, 5) is 0. The molecule has 0 spiro atoms. The molecule has 158 valence electrons. The van der Waals surface area contributed by atoms with E-state index in [-0.39, 0.29) is 0 Å². The molecule has 0 heterocycles. The van der Waals surface area contributed by atoms with E-state index in [1.165, 1.54) is 77.0 Å². The predicted molar refractivity (Wildman–Crippen MR) is 119 cm³/mol. The van der Waals surface area contributed by atoms with Gasteiger partial charge in [0.05, 0.1) is 5.60 Å². The highest BCUT2D eigenvalue weighted by Gasteiger charge is 2.34. The van der Waals surface area contributed by atoms with E-state index in [0.29, 0.717) is 17.8 Å². The minimum Gasteiger partial charge on any atom is -0.390 e. The van der Waals surface area contributed by atoms with Crippen molar-refractivity contribution in [3.63, 3.8) is 0 Å². The fourth-order valence-corrected chi connectivity index (χ4v) is 4.69. The molecule has 3 atom stereocenters. The molecule has 0 amide bonds. The monoisotopic (exact) mass is 368 g/mol. The zero-order valence-electron chi connectivity index (χ0n) is 19.3. The van der Waals surface area contributed by atoms with Crippen molar-refractivity contribution in [2.24, 2.45) is 17.8 Å². The summed E-state index contributed by atoms with van der Waals surface area (Å²) in [6, 6.07) is 0. The highest BCUT2D eigenvalue weighted by molar-refractivity contribution is 4.86. The Morgan fingerprint density at radius 1 is 0.538 bits per heavy atom.